The number of carbonyl (C=O) groups excluding carboxylic acids is 1. The van der Waals surface area contributed by atoms with E-state index in [1.165, 1.54) is 0 Å². The zero-order valence-corrected chi connectivity index (χ0v) is 14.2. The van der Waals surface area contributed by atoms with E-state index in [9.17, 15) is 24.6 Å². The SMILES string of the molecule is O=C(c1[nH]c2cc(Cl)ccc2c1C(C(=O)O)C(=O)O)C1CCCCC1. The molecule has 1 aliphatic carbocycles. The molecule has 0 bridgehead atoms. The molecule has 0 unspecified atom stereocenters. The lowest BCUT2D eigenvalue weighted by Gasteiger charge is -2.20. The number of hydrogen-bond acceptors (Lipinski definition) is 3. The van der Waals surface area contributed by atoms with Gasteiger partial charge in [0.05, 0.1) is 5.69 Å². The summed E-state index contributed by atoms with van der Waals surface area (Å²) in [6, 6.07) is 4.68. The van der Waals surface area contributed by atoms with Gasteiger partial charge in [-0.05, 0) is 25.0 Å². The summed E-state index contributed by atoms with van der Waals surface area (Å²) in [6.45, 7) is 0. The maximum atomic E-state index is 13.0. The Morgan fingerprint density at radius 2 is 1.72 bits per heavy atom. The zero-order chi connectivity index (χ0) is 18.1. The van der Waals surface area contributed by atoms with Crippen LogP contribution >= 0.6 is 11.6 Å². The van der Waals surface area contributed by atoms with Crippen LogP contribution in [0, 0.1) is 5.92 Å². The topological polar surface area (TPSA) is 107 Å². The fourth-order valence-electron chi connectivity index (χ4n) is 3.61. The fourth-order valence-corrected chi connectivity index (χ4v) is 3.78. The van der Waals surface area contributed by atoms with Gasteiger partial charge in [0, 0.05) is 27.4 Å². The summed E-state index contributed by atoms with van der Waals surface area (Å²) in [6.07, 6.45) is 4.43. The van der Waals surface area contributed by atoms with Gasteiger partial charge >= 0.3 is 11.9 Å². The molecule has 0 aliphatic heterocycles. The van der Waals surface area contributed by atoms with Gasteiger partial charge in [-0.15, -0.1) is 0 Å². The number of aliphatic carboxylic acids is 2. The molecule has 25 heavy (non-hydrogen) atoms. The highest BCUT2D eigenvalue weighted by atomic mass is 35.5. The smallest absolute Gasteiger partial charge is 0.322 e. The fraction of sp³-hybridized carbons (Fsp3) is 0.389. The molecule has 0 atom stereocenters. The molecule has 1 saturated carbocycles. The molecule has 3 N–H and O–H groups in total. The van der Waals surface area contributed by atoms with Crippen molar-refractivity contribution in [3.8, 4) is 0 Å². The number of aromatic nitrogens is 1. The van der Waals surface area contributed by atoms with E-state index in [0.29, 0.717) is 15.9 Å². The van der Waals surface area contributed by atoms with Crippen LogP contribution in [0.5, 0.6) is 0 Å². The largest absolute Gasteiger partial charge is 0.480 e. The van der Waals surface area contributed by atoms with E-state index in [-0.39, 0.29) is 23.0 Å². The molecule has 132 valence electrons. The minimum absolute atomic E-state index is 0.0160. The van der Waals surface area contributed by atoms with Gasteiger partial charge in [-0.2, -0.15) is 0 Å². The summed E-state index contributed by atoms with van der Waals surface area (Å²) in [5.41, 5.74) is 0.565. The molecule has 0 radical (unpaired) electrons. The molecule has 1 heterocycles. The third-order valence-electron chi connectivity index (χ3n) is 4.81. The first-order valence-corrected chi connectivity index (χ1v) is 8.59. The first kappa shape index (κ1) is 17.5. The van der Waals surface area contributed by atoms with Crippen LogP contribution in [0.25, 0.3) is 10.9 Å². The molecule has 7 heteroatoms. The highest BCUT2D eigenvalue weighted by Gasteiger charge is 2.36. The average Bonchev–Trinajstić information content (AvgIpc) is 2.92. The molecule has 1 aromatic heterocycles. The quantitative estimate of drug-likeness (QED) is 0.552. The van der Waals surface area contributed by atoms with E-state index in [1.807, 2.05) is 0 Å². The Balaban J connectivity index is 2.19. The van der Waals surface area contributed by atoms with Crippen LogP contribution in [-0.2, 0) is 9.59 Å². The normalized spacial score (nSPS) is 15.6. The van der Waals surface area contributed by atoms with Gasteiger partial charge in [0.2, 0.25) is 0 Å². The second kappa shape index (κ2) is 6.88. The van der Waals surface area contributed by atoms with Gasteiger partial charge in [0.1, 0.15) is 0 Å². The number of hydrogen-bond donors (Lipinski definition) is 3. The monoisotopic (exact) mass is 363 g/mol. The van der Waals surface area contributed by atoms with Crippen LogP contribution in [0.15, 0.2) is 18.2 Å². The Kier molecular flexibility index (Phi) is 4.81. The molecular formula is C18H18ClNO5. The van der Waals surface area contributed by atoms with Crippen LogP contribution in [0.2, 0.25) is 5.02 Å². The number of carbonyl (C=O) groups is 3. The van der Waals surface area contributed by atoms with Crippen molar-refractivity contribution in [2.75, 3.05) is 0 Å². The summed E-state index contributed by atoms with van der Waals surface area (Å²) in [5.74, 6) is -5.23. The van der Waals surface area contributed by atoms with E-state index in [0.717, 1.165) is 32.1 Å². The van der Waals surface area contributed by atoms with Gasteiger partial charge in [0.15, 0.2) is 11.7 Å². The number of carboxylic acids is 2. The Bertz CT molecular complexity index is 837. The predicted octanol–water partition coefficient (Wildman–Crippen LogP) is 3.84. The Morgan fingerprint density at radius 1 is 1.08 bits per heavy atom. The average molecular weight is 364 g/mol. The number of rotatable bonds is 5. The van der Waals surface area contributed by atoms with E-state index in [4.69, 9.17) is 11.6 Å². The highest BCUT2D eigenvalue weighted by molar-refractivity contribution is 6.31. The summed E-state index contributed by atoms with van der Waals surface area (Å²) >= 11 is 5.98. The third kappa shape index (κ3) is 3.26. The van der Waals surface area contributed by atoms with E-state index in [2.05, 4.69) is 4.98 Å². The van der Waals surface area contributed by atoms with Crippen molar-refractivity contribution in [3.63, 3.8) is 0 Å². The lowest BCUT2D eigenvalue weighted by molar-refractivity contribution is -0.149. The number of Topliss-reactive ketones (excluding diaryl/α,β-unsaturated/α-hetero) is 1. The number of halogens is 1. The summed E-state index contributed by atoms with van der Waals surface area (Å²) < 4.78 is 0. The molecule has 1 fully saturated rings. The van der Waals surface area contributed by atoms with Crippen LogP contribution in [-0.4, -0.2) is 32.9 Å². The van der Waals surface area contributed by atoms with Gasteiger partial charge in [-0.1, -0.05) is 36.9 Å². The Hall–Kier alpha value is -2.34. The minimum atomic E-state index is -1.81. The molecule has 0 amide bonds. The highest BCUT2D eigenvalue weighted by Crippen LogP contribution is 2.35. The van der Waals surface area contributed by atoms with Gasteiger partial charge in [-0.3, -0.25) is 14.4 Å². The first-order valence-electron chi connectivity index (χ1n) is 8.21. The zero-order valence-electron chi connectivity index (χ0n) is 13.4. The summed E-state index contributed by atoms with van der Waals surface area (Å²) in [4.78, 5) is 39.0. The predicted molar refractivity (Wildman–Crippen MR) is 92.2 cm³/mol. The lowest BCUT2D eigenvalue weighted by Crippen LogP contribution is -2.25. The number of carboxylic acid groups (broad SMARTS) is 2. The van der Waals surface area contributed by atoms with Crippen molar-refractivity contribution >= 4 is 40.2 Å². The van der Waals surface area contributed by atoms with Gasteiger partial charge in [0.25, 0.3) is 0 Å². The molecule has 1 aliphatic rings. The van der Waals surface area contributed by atoms with Crippen molar-refractivity contribution in [2.24, 2.45) is 5.92 Å². The second-order valence-corrected chi connectivity index (χ2v) is 6.85. The van der Waals surface area contributed by atoms with Crippen molar-refractivity contribution in [2.45, 2.75) is 38.0 Å². The number of benzene rings is 1. The minimum Gasteiger partial charge on any atom is -0.480 e. The van der Waals surface area contributed by atoms with Crippen LogP contribution in [0.1, 0.15) is 54.1 Å². The van der Waals surface area contributed by atoms with Gasteiger partial charge in [-0.25, -0.2) is 0 Å². The molecule has 0 spiro atoms. The van der Waals surface area contributed by atoms with E-state index >= 15 is 0 Å². The molecule has 1 aromatic carbocycles. The first-order chi connectivity index (χ1) is 11.9. The number of nitrogens with one attached hydrogen (secondary N) is 1. The number of H-pyrrole nitrogens is 1. The Labute approximate surface area is 148 Å². The maximum absolute atomic E-state index is 13.0. The van der Waals surface area contributed by atoms with Crippen molar-refractivity contribution in [3.05, 3.63) is 34.5 Å². The van der Waals surface area contributed by atoms with Gasteiger partial charge < -0.3 is 15.2 Å². The maximum Gasteiger partial charge on any atom is 0.322 e. The van der Waals surface area contributed by atoms with Crippen molar-refractivity contribution in [1.29, 1.82) is 0 Å². The Morgan fingerprint density at radius 3 is 2.32 bits per heavy atom. The van der Waals surface area contributed by atoms with E-state index in [1.54, 1.807) is 18.2 Å². The molecule has 2 aromatic rings. The summed E-state index contributed by atoms with van der Waals surface area (Å²) in [5, 5.41) is 19.6. The molecule has 0 saturated heterocycles. The molecular weight excluding hydrogens is 346 g/mol. The lowest BCUT2D eigenvalue weighted by atomic mass is 9.83. The molecule has 6 nitrogen and oxygen atoms in total. The summed E-state index contributed by atoms with van der Waals surface area (Å²) in [7, 11) is 0. The third-order valence-corrected chi connectivity index (χ3v) is 5.04. The van der Waals surface area contributed by atoms with Crippen LogP contribution < -0.4 is 0 Å². The van der Waals surface area contributed by atoms with E-state index < -0.39 is 17.9 Å². The second-order valence-electron chi connectivity index (χ2n) is 6.41. The van der Waals surface area contributed by atoms with Crippen LogP contribution in [0.3, 0.4) is 0 Å². The molecule has 3 rings (SSSR count). The number of ketones is 1. The number of aromatic amines is 1. The van der Waals surface area contributed by atoms with Crippen molar-refractivity contribution in [1.82, 2.24) is 4.98 Å². The number of fused-ring (bicyclic) bond motifs is 1. The van der Waals surface area contributed by atoms with Crippen LogP contribution in [0.4, 0.5) is 0 Å². The standard InChI is InChI=1S/C18H18ClNO5/c19-10-6-7-11-12(8-10)20-15(13(11)14(17(22)23)18(24)25)16(21)9-4-2-1-3-5-9/h6-9,14,20H,1-5H2,(H,22,23)(H,24,25). The van der Waals surface area contributed by atoms with Crippen molar-refractivity contribution < 1.29 is 24.6 Å².